The van der Waals surface area contributed by atoms with Crippen LogP contribution in [0.15, 0.2) is 194 Å². The van der Waals surface area contributed by atoms with Crippen molar-refractivity contribution in [3.63, 3.8) is 0 Å². The molecule has 282 valence electrons. The molecule has 12 rings (SSSR count). The minimum absolute atomic E-state index is 0.581. The predicted molar refractivity (Wildman–Crippen MR) is 249 cm³/mol. The molecule has 0 fully saturated rings. The second-order valence-electron chi connectivity index (χ2n) is 15.4. The average Bonchev–Trinajstić information content (AvgIpc) is 3.96. The van der Waals surface area contributed by atoms with E-state index in [2.05, 4.69) is 158 Å². The van der Waals surface area contributed by atoms with Gasteiger partial charge in [-0.1, -0.05) is 91.0 Å². The van der Waals surface area contributed by atoms with Crippen molar-refractivity contribution in [2.24, 2.45) is 0 Å². The fraction of sp³-hybridized carbons (Fsp3) is 0. The molecule has 0 N–H and O–H groups in total. The van der Waals surface area contributed by atoms with Gasteiger partial charge in [0.1, 0.15) is 6.07 Å². The van der Waals surface area contributed by atoms with E-state index in [0.717, 1.165) is 94.1 Å². The third kappa shape index (κ3) is 5.23. The second-order valence-corrected chi connectivity index (χ2v) is 15.4. The van der Waals surface area contributed by atoms with Crippen molar-refractivity contribution in [3.05, 3.63) is 211 Å². The molecule has 4 heterocycles. The monoisotopic (exact) mass is 776 g/mol. The number of para-hydroxylation sites is 4. The standard InChI is InChI=1S/C55H32N6/c1-57-39-23-25-53-46(32-39)44-14-4-8-19-51(44)60(53)41-29-37(28-38(30-41)48-16-10-11-27-58-48)35-21-22-36(34-56)55(31-35)61-52-20-9-5-15-45(52)47-33-40(24-26-54(47)61)59-49-17-6-2-12-42(49)43-13-3-7-18-50(43)59/h2-33H. The second kappa shape index (κ2) is 13.4. The summed E-state index contributed by atoms with van der Waals surface area (Å²) in [6.07, 6.45) is 1.82. The molecule has 0 aliphatic heterocycles. The third-order valence-corrected chi connectivity index (χ3v) is 12.1. The highest BCUT2D eigenvalue weighted by Crippen LogP contribution is 2.40. The summed E-state index contributed by atoms with van der Waals surface area (Å²) in [4.78, 5) is 8.52. The zero-order valence-electron chi connectivity index (χ0n) is 32.7. The van der Waals surface area contributed by atoms with Crippen molar-refractivity contribution in [1.29, 1.82) is 5.26 Å². The molecule has 6 nitrogen and oxygen atoms in total. The summed E-state index contributed by atoms with van der Waals surface area (Å²) in [5.41, 5.74) is 14.3. The van der Waals surface area contributed by atoms with Gasteiger partial charge in [-0.2, -0.15) is 5.26 Å². The van der Waals surface area contributed by atoms with Crippen LogP contribution < -0.4 is 0 Å². The maximum Gasteiger partial charge on any atom is 0.188 e. The first-order valence-corrected chi connectivity index (χ1v) is 20.2. The molecule has 0 saturated heterocycles. The van der Waals surface area contributed by atoms with E-state index in [1.807, 2.05) is 60.8 Å². The molecule has 61 heavy (non-hydrogen) atoms. The largest absolute Gasteiger partial charge is 0.309 e. The van der Waals surface area contributed by atoms with E-state index >= 15 is 0 Å². The molecule has 12 aromatic rings. The lowest BCUT2D eigenvalue weighted by molar-refractivity contribution is 1.16. The van der Waals surface area contributed by atoms with E-state index in [1.54, 1.807) is 0 Å². The van der Waals surface area contributed by atoms with Gasteiger partial charge in [0.05, 0.1) is 56.6 Å². The van der Waals surface area contributed by atoms with Crippen LogP contribution in [0.5, 0.6) is 0 Å². The molecule has 0 bridgehead atoms. The lowest BCUT2D eigenvalue weighted by Gasteiger charge is -2.16. The first-order valence-electron chi connectivity index (χ1n) is 20.2. The normalized spacial score (nSPS) is 11.6. The van der Waals surface area contributed by atoms with Gasteiger partial charge in [-0.25, -0.2) is 4.85 Å². The quantitative estimate of drug-likeness (QED) is 0.163. The van der Waals surface area contributed by atoms with Crippen LogP contribution in [0, 0.1) is 17.9 Å². The fourth-order valence-electron chi connectivity index (χ4n) is 9.45. The Balaban J connectivity index is 1.08. The first-order chi connectivity index (χ1) is 30.2. The van der Waals surface area contributed by atoms with Gasteiger partial charge in [-0.3, -0.25) is 4.98 Å². The number of aromatic nitrogens is 4. The van der Waals surface area contributed by atoms with Gasteiger partial charge in [-0.05, 0) is 114 Å². The molecule has 4 aromatic heterocycles. The topological polar surface area (TPSA) is 55.8 Å². The summed E-state index contributed by atoms with van der Waals surface area (Å²) in [6, 6.07) is 67.8. The van der Waals surface area contributed by atoms with Gasteiger partial charge < -0.3 is 13.7 Å². The first kappa shape index (κ1) is 34.3. The van der Waals surface area contributed by atoms with Crippen LogP contribution in [-0.2, 0) is 0 Å². The highest BCUT2D eigenvalue weighted by molar-refractivity contribution is 6.13. The zero-order valence-corrected chi connectivity index (χ0v) is 32.7. The van der Waals surface area contributed by atoms with Gasteiger partial charge in [-0.15, -0.1) is 0 Å². The Kier molecular flexibility index (Phi) is 7.56. The molecule has 0 unspecified atom stereocenters. The number of nitriles is 1. The zero-order chi connectivity index (χ0) is 40.6. The predicted octanol–water partition coefficient (Wildman–Crippen LogP) is 14.1. The number of pyridine rings is 1. The molecule has 0 saturated carbocycles. The lowest BCUT2D eigenvalue weighted by Crippen LogP contribution is -2.00. The Morgan fingerprint density at radius 2 is 0.967 bits per heavy atom. The Hall–Kier alpha value is -8.71. The Labute approximate surface area is 350 Å². The van der Waals surface area contributed by atoms with Crippen LogP contribution in [-0.4, -0.2) is 18.7 Å². The summed E-state index contributed by atoms with van der Waals surface area (Å²) >= 11 is 0. The maximum absolute atomic E-state index is 10.7. The number of hydrogen-bond donors (Lipinski definition) is 0. The molecule has 0 radical (unpaired) electrons. The van der Waals surface area contributed by atoms with Crippen LogP contribution in [0.4, 0.5) is 5.69 Å². The fourth-order valence-corrected chi connectivity index (χ4v) is 9.45. The summed E-state index contributed by atoms with van der Waals surface area (Å²) in [6.45, 7) is 7.71. The van der Waals surface area contributed by atoms with Crippen LogP contribution in [0.2, 0.25) is 0 Å². The van der Waals surface area contributed by atoms with Crippen LogP contribution in [0.25, 0.3) is 110 Å². The number of benzene rings is 8. The van der Waals surface area contributed by atoms with E-state index in [1.165, 1.54) is 10.8 Å². The summed E-state index contributed by atoms with van der Waals surface area (Å²) in [7, 11) is 0. The molecular weight excluding hydrogens is 745 g/mol. The van der Waals surface area contributed by atoms with Crippen molar-refractivity contribution in [3.8, 4) is 45.5 Å². The molecule has 0 atom stereocenters. The maximum atomic E-state index is 10.7. The van der Waals surface area contributed by atoms with Gasteiger partial charge in [0.25, 0.3) is 0 Å². The van der Waals surface area contributed by atoms with Gasteiger partial charge in [0.15, 0.2) is 5.69 Å². The summed E-state index contributed by atoms with van der Waals surface area (Å²) in [5, 5.41) is 17.5. The summed E-state index contributed by atoms with van der Waals surface area (Å²) < 4.78 is 6.87. The highest BCUT2D eigenvalue weighted by Gasteiger charge is 2.20. The van der Waals surface area contributed by atoms with Gasteiger partial charge in [0.2, 0.25) is 0 Å². The van der Waals surface area contributed by atoms with Crippen molar-refractivity contribution in [2.45, 2.75) is 0 Å². The van der Waals surface area contributed by atoms with Gasteiger partial charge in [0, 0.05) is 50.1 Å². The van der Waals surface area contributed by atoms with Crippen molar-refractivity contribution < 1.29 is 0 Å². The Morgan fingerprint density at radius 1 is 0.426 bits per heavy atom. The van der Waals surface area contributed by atoms with Crippen LogP contribution >= 0.6 is 0 Å². The van der Waals surface area contributed by atoms with E-state index in [4.69, 9.17) is 11.6 Å². The molecule has 0 amide bonds. The van der Waals surface area contributed by atoms with E-state index < -0.39 is 0 Å². The van der Waals surface area contributed by atoms with E-state index in [0.29, 0.717) is 11.3 Å². The van der Waals surface area contributed by atoms with Crippen LogP contribution in [0.1, 0.15) is 5.56 Å². The Morgan fingerprint density at radius 3 is 1.61 bits per heavy atom. The summed E-state index contributed by atoms with van der Waals surface area (Å²) in [5.74, 6) is 0. The highest BCUT2D eigenvalue weighted by atomic mass is 15.0. The molecule has 8 aromatic carbocycles. The van der Waals surface area contributed by atoms with E-state index in [9.17, 15) is 5.26 Å². The molecule has 0 aliphatic rings. The Bertz CT molecular complexity index is 3800. The van der Waals surface area contributed by atoms with Gasteiger partial charge >= 0.3 is 0 Å². The smallest absolute Gasteiger partial charge is 0.188 e. The number of nitrogens with zero attached hydrogens (tertiary/aromatic N) is 6. The minimum Gasteiger partial charge on any atom is -0.309 e. The van der Waals surface area contributed by atoms with Crippen LogP contribution in [0.3, 0.4) is 0 Å². The molecule has 0 spiro atoms. The molecule has 0 aliphatic carbocycles. The lowest BCUT2D eigenvalue weighted by atomic mass is 9.98. The average molecular weight is 777 g/mol. The number of rotatable bonds is 5. The SMILES string of the molecule is [C-]#[N+]c1ccc2c(c1)c1ccccc1n2-c1cc(-c2ccc(C#N)c(-n3c4ccccc4c4cc(-n5c6ccccc6c6ccccc65)ccc43)c2)cc(-c2ccccn2)c1. The molecule has 6 heteroatoms. The van der Waals surface area contributed by atoms with E-state index in [-0.39, 0.29) is 0 Å². The minimum atomic E-state index is 0.581. The third-order valence-electron chi connectivity index (χ3n) is 12.1. The van der Waals surface area contributed by atoms with Crippen molar-refractivity contribution >= 4 is 71.1 Å². The number of fused-ring (bicyclic) bond motifs is 9. The van der Waals surface area contributed by atoms with Crippen molar-refractivity contribution in [2.75, 3.05) is 0 Å². The van der Waals surface area contributed by atoms with Crippen molar-refractivity contribution in [1.82, 2.24) is 18.7 Å². The molecular formula is C55H32N6. The number of hydrogen-bond acceptors (Lipinski definition) is 2.